The van der Waals surface area contributed by atoms with Crippen molar-refractivity contribution in [3.8, 4) is 5.75 Å². The number of anilines is 1. The standard InChI is InChI=1S/C20H18Cl3N3O2/c1-11-19(24-20(27)15-9-14(21)5-7-18(15)28-3)12(2)26(25-11)10-13-4-6-16(22)17(23)8-13/h4-9H,10H2,1-3H3,(H,24,27). The lowest BCUT2D eigenvalue weighted by molar-refractivity contribution is 0.102. The highest BCUT2D eigenvalue weighted by Crippen LogP contribution is 2.27. The van der Waals surface area contributed by atoms with Gasteiger partial charge in [-0.05, 0) is 49.7 Å². The molecule has 0 bridgehead atoms. The molecular weight excluding hydrogens is 421 g/mol. The maximum Gasteiger partial charge on any atom is 0.259 e. The van der Waals surface area contributed by atoms with Crippen LogP contribution in [0, 0.1) is 13.8 Å². The van der Waals surface area contributed by atoms with E-state index in [4.69, 9.17) is 39.5 Å². The molecule has 28 heavy (non-hydrogen) atoms. The van der Waals surface area contributed by atoms with Crippen molar-refractivity contribution in [2.24, 2.45) is 0 Å². The fraction of sp³-hybridized carbons (Fsp3) is 0.200. The first-order valence-corrected chi connectivity index (χ1v) is 9.56. The Morgan fingerprint density at radius 2 is 1.86 bits per heavy atom. The molecule has 1 heterocycles. The van der Waals surface area contributed by atoms with Crippen molar-refractivity contribution in [3.63, 3.8) is 0 Å². The maximum absolute atomic E-state index is 12.8. The van der Waals surface area contributed by atoms with Crippen LogP contribution in [0.5, 0.6) is 5.75 Å². The highest BCUT2D eigenvalue weighted by Gasteiger charge is 2.18. The number of rotatable bonds is 5. The molecule has 0 spiro atoms. The Morgan fingerprint density at radius 3 is 2.54 bits per heavy atom. The van der Waals surface area contributed by atoms with Gasteiger partial charge in [0, 0.05) is 5.02 Å². The smallest absolute Gasteiger partial charge is 0.259 e. The molecule has 0 fully saturated rings. The first kappa shape index (κ1) is 20.5. The summed E-state index contributed by atoms with van der Waals surface area (Å²) in [7, 11) is 1.51. The maximum atomic E-state index is 12.8. The molecular formula is C20H18Cl3N3O2. The van der Waals surface area contributed by atoms with Gasteiger partial charge in [0.15, 0.2) is 0 Å². The molecule has 0 atom stereocenters. The first-order chi connectivity index (χ1) is 13.3. The van der Waals surface area contributed by atoms with Crippen LogP contribution >= 0.6 is 34.8 Å². The lowest BCUT2D eigenvalue weighted by atomic mass is 10.1. The molecule has 1 aromatic heterocycles. The van der Waals surface area contributed by atoms with Gasteiger partial charge in [0.25, 0.3) is 5.91 Å². The zero-order chi connectivity index (χ0) is 20.4. The van der Waals surface area contributed by atoms with E-state index >= 15 is 0 Å². The lowest BCUT2D eigenvalue weighted by Gasteiger charge is -2.10. The Morgan fingerprint density at radius 1 is 1.11 bits per heavy atom. The van der Waals surface area contributed by atoms with E-state index in [1.54, 1.807) is 35.0 Å². The van der Waals surface area contributed by atoms with Crippen molar-refractivity contribution < 1.29 is 9.53 Å². The quantitative estimate of drug-likeness (QED) is 0.550. The number of carbonyl (C=O) groups excluding carboxylic acids is 1. The number of hydrogen-bond acceptors (Lipinski definition) is 3. The number of hydrogen-bond donors (Lipinski definition) is 1. The highest BCUT2D eigenvalue weighted by atomic mass is 35.5. The van der Waals surface area contributed by atoms with Crippen LogP contribution in [0.25, 0.3) is 0 Å². The number of methoxy groups -OCH3 is 1. The van der Waals surface area contributed by atoms with Gasteiger partial charge in [-0.3, -0.25) is 9.48 Å². The number of halogens is 3. The summed E-state index contributed by atoms with van der Waals surface area (Å²) < 4.78 is 7.07. The van der Waals surface area contributed by atoms with Crippen molar-refractivity contribution >= 4 is 46.4 Å². The van der Waals surface area contributed by atoms with Gasteiger partial charge in [-0.1, -0.05) is 40.9 Å². The van der Waals surface area contributed by atoms with Gasteiger partial charge < -0.3 is 10.1 Å². The van der Waals surface area contributed by atoms with Crippen LogP contribution < -0.4 is 10.1 Å². The zero-order valence-electron chi connectivity index (χ0n) is 15.5. The SMILES string of the molecule is COc1ccc(Cl)cc1C(=O)Nc1c(C)nn(Cc2ccc(Cl)c(Cl)c2)c1C. The van der Waals surface area contributed by atoms with E-state index in [0.717, 1.165) is 11.3 Å². The molecule has 0 aliphatic rings. The topological polar surface area (TPSA) is 56.1 Å². The molecule has 0 radical (unpaired) electrons. The number of nitrogens with one attached hydrogen (secondary N) is 1. The number of aryl methyl sites for hydroxylation is 1. The van der Waals surface area contributed by atoms with E-state index in [1.807, 2.05) is 19.9 Å². The Kier molecular flexibility index (Phi) is 6.18. The Balaban J connectivity index is 1.87. The van der Waals surface area contributed by atoms with Crippen LogP contribution in [0.2, 0.25) is 15.1 Å². The molecule has 0 unspecified atom stereocenters. The van der Waals surface area contributed by atoms with Gasteiger partial charge in [-0.25, -0.2) is 0 Å². The van der Waals surface area contributed by atoms with Crippen LogP contribution in [-0.4, -0.2) is 22.8 Å². The van der Waals surface area contributed by atoms with E-state index in [2.05, 4.69) is 10.4 Å². The average molecular weight is 439 g/mol. The molecule has 5 nitrogen and oxygen atoms in total. The molecule has 1 N–H and O–H groups in total. The minimum atomic E-state index is -0.320. The van der Waals surface area contributed by atoms with Gasteiger partial charge in [0.05, 0.1) is 46.3 Å². The third kappa shape index (κ3) is 4.27. The third-order valence-corrected chi connectivity index (χ3v) is 5.32. The minimum absolute atomic E-state index is 0.320. The van der Waals surface area contributed by atoms with Crippen molar-refractivity contribution in [2.75, 3.05) is 12.4 Å². The van der Waals surface area contributed by atoms with Crippen molar-refractivity contribution in [2.45, 2.75) is 20.4 Å². The van der Waals surface area contributed by atoms with E-state index in [0.29, 0.717) is 44.3 Å². The Bertz CT molecular complexity index is 1050. The number of amides is 1. The van der Waals surface area contributed by atoms with Crippen molar-refractivity contribution in [1.29, 1.82) is 0 Å². The monoisotopic (exact) mass is 437 g/mol. The lowest BCUT2D eigenvalue weighted by Crippen LogP contribution is -2.14. The first-order valence-electron chi connectivity index (χ1n) is 8.43. The third-order valence-electron chi connectivity index (χ3n) is 4.34. The second-order valence-corrected chi connectivity index (χ2v) is 7.50. The predicted molar refractivity (Wildman–Crippen MR) is 113 cm³/mol. The summed E-state index contributed by atoms with van der Waals surface area (Å²) in [5.41, 5.74) is 3.47. The summed E-state index contributed by atoms with van der Waals surface area (Å²) >= 11 is 18.1. The van der Waals surface area contributed by atoms with E-state index in [1.165, 1.54) is 7.11 Å². The molecule has 3 aromatic rings. The number of ether oxygens (including phenoxy) is 1. The summed E-state index contributed by atoms with van der Waals surface area (Å²) in [6.45, 7) is 4.23. The second-order valence-electron chi connectivity index (χ2n) is 6.25. The number of nitrogens with zero attached hydrogens (tertiary/aromatic N) is 2. The van der Waals surface area contributed by atoms with E-state index < -0.39 is 0 Å². The van der Waals surface area contributed by atoms with Crippen LogP contribution in [0.15, 0.2) is 36.4 Å². The van der Waals surface area contributed by atoms with Gasteiger partial charge in [0.1, 0.15) is 5.75 Å². The van der Waals surface area contributed by atoms with Gasteiger partial charge in [-0.15, -0.1) is 0 Å². The Hall–Kier alpha value is -2.21. The van der Waals surface area contributed by atoms with Crippen LogP contribution in [-0.2, 0) is 6.54 Å². The van der Waals surface area contributed by atoms with Crippen molar-refractivity contribution in [3.05, 3.63) is 74.0 Å². The molecule has 1 amide bonds. The van der Waals surface area contributed by atoms with Crippen molar-refractivity contribution in [1.82, 2.24) is 9.78 Å². The van der Waals surface area contributed by atoms with Gasteiger partial charge in [-0.2, -0.15) is 5.10 Å². The molecule has 0 aliphatic heterocycles. The van der Waals surface area contributed by atoms with Gasteiger partial charge >= 0.3 is 0 Å². The summed E-state index contributed by atoms with van der Waals surface area (Å²) in [5.74, 6) is 0.125. The van der Waals surface area contributed by atoms with E-state index in [-0.39, 0.29) is 5.91 Å². The summed E-state index contributed by atoms with van der Waals surface area (Å²) in [5, 5.41) is 8.89. The minimum Gasteiger partial charge on any atom is -0.496 e. The fourth-order valence-electron chi connectivity index (χ4n) is 2.88. The molecule has 8 heteroatoms. The zero-order valence-corrected chi connectivity index (χ0v) is 17.8. The van der Waals surface area contributed by atoms with Crippen LogP contribution in [0.4, 0.5) is 5.69 Å². The second kappa shape index (κ2) is 8.43. The highest BCUT2D eigenvalue weighted by molar-refractivity contribution is 6.42. The van der Waals surface area contributed by atoms with E-state index in [9.17, 15) is 4.79 Å². The molecule has 0 aliphatic carbocycles. The average Bonchev–Trinajstić information content (AvgIpc) is 2.92. The number of aromatic nitrogens is 2. The molecule has 0 saturated heterocycles. The fourth-order valence-corrected chi connectivity index (χ4v) is 3.37. The molecule has 3 rings (SSSR count). The molecule has 2 aromatic carbocycles. The Labute approximate surface area is 178 Å². The predicted octanol–water partition coefficient (Wildman–Crippen LogP) is 5.77. The number of benzene rings is 2. The summed E-state index contributed by atoms with van der Waals surface area (Å²) in [4.78, 5) is 12.8. The molecule has 146 valence electrons. The number of carbonyl (C=O) groups is 1. The largest absolute Gasteiger partial charge is 0.496 e. The molecule has 0 saturated carbocycles. The normalized spacial score (nSPS) is 10.8. The summed E-state index contributed by atoms with van der Waals surface area (Å²) in [6.07, 6.45) is 0. The summed E-state index contributed by atoms with van der Waals surface area (Å²) in [6, 6.07) is 10.3. The van der Waals surface area contributed by atoms with Crippen LogP contribution in [0.1, 0.15) is 27.3 Å². The van der Waals surface area contributed by atoms with Crippen LogP contribution in [0.3, 0.4) is 0 Å². The van der Waals surface area contributed by atoms with Gasteiger partial charge in [0.2, 0.25) is 0 Å².